The maximum absolute atomic E-state index is 11.2. The normalized spacial score (nSPS) is 10.5. The molecule has 0 unspecified atom stereocenters. The predicted molar refractivity (Wildman–Crippen MR) is 118 cm³/mol. The highest BCUT2D eigenvalue weighted by Gasteiger charge is 2.21. The fraction of sp³-hybridized carbons (Fsp3) is 0.0833. The monoisotopic (exact) mass is 410 g/mol. The van der Waals surface area contributed by atoms with Gasteiger partial charge in [-0.05, 0) is 42.3 Å². The fourth-order valence-electron chi connectivity index (χ4n) is 3.30. The second-order valence-corrected chi connectivity index (χ2v) is 6.74. The lowest BCUT2D eigenvalue weighted by atomic mass is 10.1. The van der Waals surface area contributed by atoms with E-state index in [0.717, 1.165) is 11.3 Å². The van der Waals surface area contributed by atoms with E-state index in [1.165, 1.54) is 12.1 Å². The molecule has 4 aromatic rings. The van der Waals surface area contributed by atoms with Crippen molar-refractivity contribution >= 4 is 11.4 Å². The van der Waals surface area contributed by atoms with Crippen molar-refractivity contribution in [2.24, 2.45) is 0 Å². The summed E-state index contributed by atoms with van der Waals surface area (Å²) in [6.07, 6.45) is 0.571. The number of hydrogen-bond acceptors (Lipinski definition) is 4. The standard InChI is InChI=1S/C24H18N4O3/c1-3-22-23(25-2)24(27(26-22)18-8-7-9-19(16-18)28(29)30)17-12-14-21(15-13-17)31-20-10-5-4-6-11-20/h4-16H,3H2,1H3. The van der Waals surface area contributed by atoms with Crippen molar-refractivity contribution in [1.82, 2.24) is 9.78 Å². The van der Waals surface area contributed by atoms with E-state index in [2.05, 4.69) is 9.94 Å². The van der Waals surface area contributed by atoms with Crippen molar-refractivity contribution in [2.75, 3.05) is 0 Å². The second kappa shape index (κ2) is 8.51. The first-order chi connectivity index (χ1) is 15.1. The van der Waals surface area contributed by atoms with Crippen LogP contribution < -0.4 is 4.74 Å². The predicted octanol–water partition coefficient (Wildman–Crippen LogP) is 6.35. The van der Waals surface area contributed by atoms with Gasteiger partial charge in [-0.3, -0.25) is 10.1 Å². The molecule has 0 aliphatic rings. The minimum atomic E-state index is -0.446. The first-order valence-corrected chi connectivity index (χ1v) is 9.68. The minimum Gasteiger partial charge on any atom is -0.457 e. The Morgan fingerprint density at radius 2 is 1.74 bits per heavy atom. The van der Waals surface area contributed by atoms with Crippen LogP contribution in [0.1, 0.15) is 12.6 Å². The number of nitro groups is 1. The van der Waals surface area contributed by atoms with E-state index in [1.54, 1.807) is 16.8 Å². The number of benzene rings is 3. The van der Waals surface area contributed by atoms with Crippen LogP contribution >= 0.6 is 0 Å². The maximum atomic E-state index is 11.2. The molecule has 31 heavy (non-hydrogen) atoms. The minimum absolute atomic E-state index is 0.0343. The van der Waals surface area contributed by atoms with Crippen molar-refractivity contribution in [1.29, 1.82) is 0 Å². The third-order valence-electron chi connectivity index (χ3n) is 4.77. The molecule has 0 fully saturated rings. The summed E-state index contributed by atoms with van der Waals surface area (Å²) < 4.78 is 7.45. The number of nitro benzene ring substituents is 1. The molecule has 3 aromatic carbocycles. The van der Waals surface area contributed by atoms with Crippen LogP contribution in [0.25, 0.3) is 21.8 Å². The Morgan fingerprint density at radius 3 is 2.39 bits per heavy atom. The zero-order valence-electron chi connectivity index (χ0n) is 16.7. The van der Waals surface area contributed by atoms with Crippen LogP contribution in [0.4, 0.5) is 11.4 Å². The lowest BCUT2D eigenvalue weighted by molar-refractivity contribution is -0.384. The number of aromatic nitrogens is 2. The van der Waals surface area contributed by atoms with Crippen LogP contribution in [0.5, 0.6) is 11.5 Å². The van der Waals surface area contributed by atoms with Gasteiger partial charge < -0.3 is 4.74 Å². The van der Waals surface area contributed by atoms with Crippen molar-refractivity contribution < 1.29 is 9.66 Å². The third-order valence-corrected chi connectivity index (χ3v) is 4.77. The molecular weight excluding hydrogens is 392 g/mol. The van der Waals surface area contributed by atoms with E-state index >= 15 is 0 Å². The number of ether oxygens (including phenoxy) is 1. The smallest absolute Gasteiger partial charge is 0.271 e. The molecule has 152 valence electrons. The highest BCUT2D eigenvalue weighted by molar-refractivity contribution is 5.79. The van der Waals surface area contributed by atoms with Gasteiger partial charge in [-0.25, -0.2) is 9.53 Å². The van der Waals surface area contributed by atoms with Gasteiger partial charge in [-0.2, -0.15) is 5.10 Å². The molecule has 7 heteroatoms. The van der Waals surface area contributed by atoms with E-state index in [-0.39, 0.29) is 5.69 Å². The SMILES string of the molecule is [C-]#[N+]c1c(CC)nn(-c2cccc([N+](=O)[O-])c2)c1-c1ccc(Oc2ccccc2)cc1. The Kier molecular flexibility index (Phi) is 5.45. The lowest BCUT2D eigenvalue weighted by Gasteiger charge is -2.10. The Labute approximate surface area is 179 Å². The van der Waals surface area contributed by atoms with E-state index in [1.807, 2.05) is 61.5 Å². The summed E-state index contributed by atoms with van der Waals surface area (Å²) in [5, 5.41) is 15.8. The Balaban J connectivity index is 1.79. The Morgan fingerprint density at radius 1 is 1.03 bits per heavy atom. The largest absolute Gasteiger partial charge is 0.457 e. The first-order valence-electron chi connectivity index (χ1n) is 9.68. The summed E-state index contributed by atoms with van der Waals surface area (Å²) >= 11 is 0. The van der Waals surface area contributed by atoms with Gasteiger partial charge in [0.05, 0.1) is 28.6 Å². The molecule has 0 saturated carbocycles. The van der Waals surface area contributed by atoms with Gasteiger partial charge in [0, 0.05) is 12.1 Å². The summed E-state index contributed by atoms with van der Waals surface area (Å²) in [4.78, 5) is 14.5. The van der Waals surface area contributed by atoms with Gasteiger partial charge in [0.1, 0.15) is 11.5 Å². The molecule has 0 spiro atoms. The van der Waals surface area contributed by atoms with Crippen LogP contribution in [0.3, 0.4) is 0 Å². The molecule has 1 heterocycles. The third kappa shape index (κ3) is 4.00. The van der Waals surface area contributed by atoms with Crippen molar-refractivity contribution in [3.63, 3.8) is 0 Å². The topological polar surface area (TPSA) is 74.5 Å². The summed E-state index contributed by atoms with van der Waals surface area (Å²) in [6, 6.07) is 23.1. The average Bonchev–Trinajstić information content (AvgIpc) is 3.19. The second-order valence-electron chi connectivity index (χ2n) is 6.74. The van der Waals surface area contributed by atoms with Crippen LogP contribution in [0.2, 0.25) is 0 Å². The molecule has 1 aromatic heterocycles. The summed E-state index contributed by atoms with van der Waals surface area (Å²) in [6.45, 7) is 9.62. The van der Waals surface area contributed by atoms with Gasteiger partial charge in [-0.15, -0.1) is 0 Å². The molecule has 0 amide bonds. The molecule has 0 aliphatic carbocycles. The molecule has 0 bridgehead atoms. The van der Waals surface area contributed by atoms with Crippen LogP contribution in [0, 0.1) is 16.7 Å². The quantitative estimate of drug-likeness (QED) is 0.211. The molecule has 0 radical (unpaired) electrons. The number of hydrogen-bond donors (Lipinski definition) is 0. The Hall–Kier alpha value is -4.44. The molecule has 0 saturated heterocycles. The highest BCUT2D eigenvalue weighted by Crippen LogP contribution is 2.37. The van der Waals surface area contributed by atoms with Crippen LogP contribution in [-0.4, -0.2) is 14.7 Å². The van der Waals surface area contributed by atoms with E-state index in [4.69, 9.17) is 11.3 Å². The maximum Gasteiger partial charge on any atom is 0.271 e. The van der Waals surface area contributed by atoms with E-state index in [0.29, 0.717) is 34.9 Å². The van der Waals surface area contributed by atoms with Gasteiger partial charge in [0.25, 0.3) is 5.69 Å². The van der Waals surface area contributed by atoms with Gasteiger partial charge in [-0.1, -0.05) is 43.3 Å². The van der Waals surface area contributed by atoms with Crippen molar-refractivity contribution in [3.05, 3.63) is 106 Å². The number of non-ortho nitro benzene ring substituents is 1. The average molecular weight is 410 g/mol. The molecule has 0 N–H and O–H groups in total. The number of nitrogens with zero attached hydrogens (tertiary/aromatic N) is 4. The lowest BCUT2D eigenvalue weighted by Crippen LogP contribution is -2.01. The van der Waals surface area contributed by atoms with Crippen molar-refractivity contribution in [2.45, 2.75) is 13.3 Å². The van der Waals surface area contributed by atoms with Gasteiger partial charge in [0.2, 0.25) is 5.69 Å². The first kappa shape index (κ1) is 19.9. The zero-order chi connectivity index (χ0) is 21.8. The summed E-state index contributed by atoms with van der Waals surface area (Å²) in [5.41, 5.74) is 2.93. The zero-order valence-corrected chi connectivity index (χ0v) is 16.7. The Bertz CT molecular complexity index is 1270. The van der Waals surface area contributed by atoms with E-state index in [9.17, 15) is 10.1 Å². The van der Waals surface area contributed by atoms with Crippen LogP contribution in [-0.2, 0) is 6.42 Å². The molecule has 0 atom stereocenters. The highest BCUT2D eigenvalue weighted by atomic mass is 16.6. The number of rotatable bonds is 6. The number of aryl methyl sites for hydroxylation is 1. The molecule has 7 nitrogen and oxygen atoms in total. The summed E-state index contributed by atoms with van der Waals surface area (Å²) in [5.74, 6) is 1.39. The van der Waals surface area contributed by atoms with Crippen LogP contribution in [0.15, 0.2) is 78.9 Å². The van der Waals surface area contributed by atoms with E-state index < -0.39 is 4.92 Å². The molecular formula is C24H18N4O3. The van der Waals surface area contributed by atoms with Gasteiger partial charge in [0.15, 0.2) is 0 Å². The number of para-hydroxylation sites is 1. The van der Waals surface area contributed by atoms with Crippen molar-refractivity contribution in [3.8, 4) is 28.4 Å². The fourth-order valence-corrected chi connectivity index (χ4v) is 3.30. The molecule has 4 rings (SSSR count). The molecule has 0 aliphatic heterocycles. The summed E-state index contributed by atoms with van der Waals surface area (Å²) in [7, 11) is 0. The van der Waals surface area contributed by atoms with Gasteiger partial charge >= 0.3 is 0 Å².